The van der Waals surface area contributed by atoms with Gasteiger partial charge in [-0.3, -0.25) is 9.55 Å². The molecule has 0 saturated heterocycles. The highest BCUT2D eigenvalue weighted by atomic mass is 35.5. The second-order valence-corrected chi connectivity index (χ2v) is 17.8. The number of hydrogen-bond donors (Lipinski definition) is 1. The molecule has 15 heteroatoms. The summed E-state index contributed by atoms with van der Waals surface area (Å²) in [5, 5.41) is 17.5. The molecule has 4 rings (SSSR count). The second kappa shape index (κ2) is 12.9. The van der Waals surface area contributed by atoms with E-state index >= 15 is 0 Å². The Morgan fingerprint density at radius 3 is 2.35 bits per heavy atom. The number of rotatable bonds is 13. The Morgan fingerprint density at radius 1 is 1.12 bits per heavy atom. The Hall–Kier alpha value is -3.75. The van der Waals surface area contributed by atoms with Gasteiger partial charge in [0, 0.05) is 19.2 Å². The number of aromatic carboxylic acids is 1. The Labute approximate surface area is 257 Å². The van der Waals surface area contributed by atoms with E-state index in [1.54, 1.807) is 34.9 Å². The van der Waals surface area contributed by atoms with Crippen LogP contribution in [0.3, 0.4) is 0 Å². The number of aromatic nitrogens is 4. The molecule has 0 radical (unpaired) electrons. The number of anilines is 1. The number of methoxy groups -OCH3 is 2. The van der Waals surface area contributed by atoms with Crippen LogP contribution in [-0.2, 0) is 16.4 Å². The van der Waals surface area contributed by atoms with Crippen LogP contribution in [0, 0.1) is 0 Å². The van der Waals surface area contributed by atoms with E-state index in [1.807, 2.05) is 0 Å². The minimum atomic E-state index is -4.21. The maximum Gasteiger partial charge on any atom is 0.337 e. The number of ether oxygens (including phenoxy) is 2. The van der Waals surface area contributed by atoms with Gasteiger partial charge in [-0.2, -0.15) is 0 Å². The van der Waals surface area contributed by atoms with E-state index in [4.69, 9.17) is 25.5 Å². The normalized spacial score (nSPS) is 13.0. The highest BCUT2D eigenvalue weighted by molar-refractivity contribution is 8.32. The van der Waals surface area contributed by atoms with Crippen molar-refractivity contribution in [3.63, 3.8) is 0 Å². The lowest BCUT2D eigenvalue weighted by atomic mass is 10.1. The number of halogens is 1. The Bertz CT molecular complexity index is 1680. The van der Waals surface area contributed by atoms with Crippen LogP contribution in [0.5, 0.6) is 11.5 Å². The molecule has 0 spiro atoms. The molecule has 4 aromatic rings. The molecular formula is C28H34ClN5O7S2. The van der Waals surface area contributed by atoms with Crippen LogP contribution in [-0.4, -0.2) is 89.8 Å². The molecule has 0 unspecified atom stereocenters. The quantitative estimate of drug-likeness (QED) is 0.214. The molecule has 0 aliphatic rings. The zero-order valence-electron chi connectivity index (χ0n) is 24.6. The molecular weight excluding hydrogens is 618 g/mol. The Balaban J connectivity index is 1.93. The van der Waals surface area contributed by atoms with Crippen molar-refractivity contribution < 1.29 is 32.2 Å². The molecule has 1 N–H and O–H groups in total. The van der Waals surface area contributed by atoms with Crippen LogP contribution in [0.15, 0.2) is 53.3 Å². The number of nitrogens with zero attached hydrogens (tertiary/aromatic N) is 5. The number of benzene rings is 1. The largest absolute Gasteiger partial charge is 0.494 e. The highest BCUT2D eigenvalue weighted by Crippen LogP contribution is 2.40. The van der Waals surface area contributed by atoms with Gasteiger partial charge in [0.15, 0.2) is 5.76 Å². The lowest BCUT2D eigenvalue weighted by molar-refractivity contribution is 0.0695. The van der Waals surface area contributed by atoms with Gasteiger partial charge >= 0.3 is 5.97 Å². The first-order valence-corrected chi connectivity index (χ1v) is 17.9. The Morgan fingerprint density at radius 2 is 1.79 bits per heavy atom. The van der Waals surface area contributed by atoms with Crippen LogP contribution < -0.4 is 13.8 Å². The van der Waals surface area contributed by atoms with Crippen LogP contribution in [0.2, 0.25) is 5.02 Å². The molecule has 0 saturated carbocycles. The number of furan rings is 1. The lowest BCUT2D eigenvalue weighted by Gasteiger charge is -2.32. The van der Waals surface area contributed by atoms with E-state index in [0.717, 1.165) is 0 Å². The minimum absolute atomic E-state index is 0.00720. The zero-order valence-corrected chi connectivity index (χ0v) is 27.0. The summed E-state index contributed by atoms with van der Waals surface area (Å²) in [4.78, 5) is 16.0. The van der Waals surface area contributed by atoms with Crippen molar-refractivity contribution in [1.29, 1.82) is 0 Å². The van der Waals surface area contributed by atoms with E-state index in [2.05, 4.69) is 33.9 Å². The summed E-state index contributed by atoms with van der Waals surface area (Å²) < 4.78 is 48.7. The van der Waals surface area contributed by atoms with Crippen molar-refractivity contribution in [2.24, 2.45) is 0 Å². The van der Waals surface area contributed by atoms with Crippen molar-refractivity contribution in [2.45, 2.75) is 18.6 Å². The molecule has 3 heterocycles. The standard InChI is InChI=1S/C28H34ClN5O7S2/c1-18(15-21-20(27(35)36)16-19(29)17-30-21)43(37,38)33(12-14-42(4,5)6)28-32-31-26(24-11-8-13-41-24)34(28)25-22(39-2)9-7-10-23(25)40-3/h7-11,13,16-18H,12,14-15H2,1-6H3,(H,35,36)/t18-/m1/s1. The van der Waals surface area contributed by atoms with Crippen molar-refractivity contribution in [3.8, 4) is 28.8 Å². The number of pyridine rings is 1. The van der Waals surface area contributed by atoms with Crippen LogP contribution >= 0.6 is 21.6 Å². The molecule has 12 nitrogen and oxygen atoms in total. The molecule has 1 aromatic carbocycles. The molecule has 0 amide bonds. The summed E-state index contributed by atoms with van der Waals surface area (Å²) in [5.74, 6) is 0.625. The monoisotopic (exact) mass is 651 g/mol. The first-order valence-electron chi connectivity index (χ1n) is 13.0. The second-order valence-electron chi connectivity index (χ2n) is 10.5. The van der Waals surface area contributed by atoms with Crippen molar-refractivity contribution in [2.75, 3.05) is 49.6 Å². The van der Waals surface area contributed by atoms with E-state index in [-0.39, 0.29) is 41.0 Å². The van der Waals surface area contributed by atoms with Crippen LogP contribution in [0.1, 0.15) is 23.0 Å². The first-order chi connectivity index (χ1) is 20.3. The number of hydrogen-bond acceptors (Lipinski definition) is 9. The number of sulfonamides is 1. The van der Waals surface area contributed by atoms with Gasteiger partial charge in [0.05, 0.1) is 42.0 Å². The number of carboxylic acid groups (broad SMARTS) is 1. The average molecular weight is 652 g/mol. The average Bonchev–Trinajstić information content (AvgIpc) is 3.63. The number of carbonyl (C=O) groups is 1. The molecule has 0 fully saturated rings. The van der Waals surface area contributed by atoms with Gasteiger partial charge < -0.3 is 19.0 Å². The third-order valence-electron chi connectivity index (χ3n) is 6.61. The molecule has 0 bridgehead atoms. The fourth-order valence-electron chi connectivity index (χ4n) is 4.37. The van der Waals surface area contributed by atoms with E-state index < -0.39 is 31.3 Å². The van der Waals surface area contributed by atoms with Gasteiger partial charge in [-0.1, -0.05) is 17.7 Å². The molecule has 232 valence electrons. The zero-order chi connectivity index (χ0) is 31.5. The van der Waals surface area contributed by atoms with Gasteiger partial charge in [0.25, 0.3) is 0 Å². The van der Waals surface area contributed by atoms with Gasteiger partial charge in [-0.25, -0.2) is 27.5 Å². The summed E-state index contributed by atoms with van der Waals surface area (Å²) in [5.41, 5.74) is 0.308. The van der Waals surface area contributed by atoms with E-state index in [0.29, 0.717) is 28.7 Å². The maximum atomic E-state index is 14.5. The summed E-state index contributed by atoms with van der Waals surface area (Å²) >= 11 is 5.98. The van der Waals surface area contributed by atoms with Crippen LogP contribution in [0.25, 0.3) is 17.3 Å². The van der Waals surface area contributed by atoms with Gasteiger partial charge in [-0.05, 0) is 61.8 Å². The van der Waals surface area contributed by atoms with Gasteiger partial charge in [0.1, 0.15) is 17.2 Å². The fourth-order valence-corrected chi connectivity index (χ4v) is 6.87. The topological polar surface area (TPSA) is 150 Å². The SMILES string of the molecule is COc1cccc(OC)c1-n1c(-c2ccco2)nnc1N(CCS(C)(C)C)S(=O)(=O)[C@H](C)Cc1ncc(Cl)cc1C(=O)O. The van der Waals surface area contributed by atoms with Crippen LogP contribution in [0.4, 0.5) is 5.95 Å². The number of para-hydroxylation sites is 1. The van der Waals surface area contributed by atoms with Gasteiger partial charge in [-0.15, -0.1) is 10.2 Å². The molecule has 3 aromatic heterocycles. The summed E-state index contributed by atoms with van der Waals surface area (Å²) in [6, 6.07) is 9.81. The van der Waals surface area contributed by atoms with E-state index in [9.17, 15) is 18.3 Å². The smallest absolute Gasteiger partial charge is 0.337 e. The molecule has 1 atom stereocenters. The fraction of sp³-hybridized carbons (Fsp3) is 0.357. The van der Waals surface area contributed by atoms with Crippen molar-refractivity contribution in [3.05, 3.63) is 65.1 Å². The maximum absolute atomic E-state index is 14.5. The third kappa shape index (κ3) is 6.92. The lowest BCUT2D eigenvalue weighted by Crippen LogP contribution is -2.42. The predicted octanol–water partition coefficient (Wildman–Crippen LogP) is 4.75. The first kappa shape index (κ1) is 32.2. The Kier molecular flexibility index (Phi) is 9.62. The van der Waals surface area contributed by atoms with Crippen molar-refractivity contribution in [1.82, 2.24) is 19.7 Å². The minimum Gasteiger partial charge on any atom is -0.494 e. The molecule has 43 heavy (non-hydrogen) atoms. The summed E-state index contributed by atoms with van der Waals surface area (Å²) in [6.07, 6.45) is 8.84. The molecule has 0 aliphatic heterocycles. The van der Waals surface area contributed by atoms with E-state index in [1.165, 1.54) is 44.0 Å². The van der Waals surface area contributed by atoms with Crippen molar-refractivity contribution >= 4 is 43.6 Å². The summed E-state index contributed by atoms with van der Waals surface area (Å²) in [7, 11) is -2.39. The summed E-state index contributed by atoms with van der Waals surface area (Å²) in [6.45, 7) is 1.59. The molecule has 0 aliphatic carbocycles. The van der Waals surface area contributed by atoms with Gasteiger partial charge in [0.2, 0.25) is 21.8 Å². The predicted molar refractivity (Wildman–Crippen MR) is 168 cm³/mol. The number of carboxylic acids is 1. The highest BCUT2D eigenvalue weighted by Gasteiger charge is 2.36. The third-order valence-corrected chi connectivity index (χ3v) is 10.4.